The number of hydrogen-bond acceptors (Lipinski definition) is 1. The molecule has 0 spiro atoms. The van der Waals surface area contributed by atoms with Crippen molar-refractivity contribution in [2.75, 3.05) is 6.54 Å². The summed E-state index contributed by atoms with van der Waals surface area (Å²) in [6.07, 6.45) is 1.30. The predicted molar refractivity (Wildman–Crippen MR) is 57.9 cm³/mol. The molecule has 0 fully saturated rings. The Morgan fingerprint density at radius 3 is 2.29 bits per heavy atom. The fourth-order valence-corrected chi connectivity index (χ4v) is 1.61. The van der Waals surface area contributed by atoms with Gasteiger partial charge in [0.2, 0.25) is 0 Å². The van der Waals surface area contributed by atoms with Crippen LogP contribution in [-0.4, -0.2) is 6.54 Å². The van der Waals surface area contributed by atoms with Crippen LogP contribution in [0.3, 0.4) is 0 Å². The summed E-state index contributed by atoms with van der Waals surface area (Å²) in [5, 5.41) is 0. The summed E-state index contributed by atoms with van der Waals surface area (Å²) in [5.41, 5.74) is 5.99. The van der Waals surface area contributed by atoms with Gasteiger partial charge >= 0.3 is 0 Å². The highest BCUT2D eigenvalue weighted by Gasteiger charge is 2.28. The highest BCUT2D eigenvalue weighted by molar-refractivity contribution is 5.26. The van der Waals surface area contributed by atoms with E-state index in [0.717, 1.165) is 12.0 Å². The Labute approximate surface area is 85.1 Å². The molecule has 1 unspecified atom stereocenters. The molecule has 14 heavy (non-hydrogen) atoms. The molecular formula is C12H18FN. The van der Waals surface area contributed by atoms with Crippen LogP contribution in [0.5, 0.6) is 0 Å². The van der Waals surface area contributed by atoms with Crippen molar-refractivity contribution in [3.8, 4) is 0 Å². The molecule has 0 aliphatic carbocycles. The normalized spacial score (nSPS) is 15.1. The van der Waals surface area contributed by atoms with Crippen molar-refractivity contribution in [1.29, 1.82) is 0 Å². The van der Waals surface area contributed by atoms with E-state index in [0.29, 0.717) is 12.0 Å². The summed E-state index contributed by atoms with van der Waals surface area (Å²) in [4.78, 5) is 0. The molecular weight excluding hydrogens is 177 g/mol. The van der Waals surface area contributed by atoms with Gasteiger partial charge in [0.15, 0.2) is 0 Å². The molecule has 0 aliphatic heterocycles. The third kappa shape index (κ3) is 2.32. The van der Waals surface area contributed by atoms with Gasteiger partial charge in [-0.3, -0.25) is 0 Å². The Bertz CT molecular complexity index is 281. The molecule has 0 aromatic heterocycles. The van der Waals surface area contributed by atoms with Crippen LogP contribution < -0.4 is 5.73 Å². The molecule has 0 saturated carbocycles. The number of rotatable bonds is 4. The monoisotopic (exact) mass is 195 g/mol. The van der Waals surface area contributed by atoms with E-state index >= 15 is 0 Å². The van der Waals surface area contributed by atoms with Gasteiger partial charge in [0.1, 0.15) is 5.67 Å². The second-order valence-corrected chi connectivity index (χ2v) is 3.79. The maximum absolute atomic E-state index is 14.3. The van der Waals surface area contributed by atoms with Crippen LogP contribution in [0.25, 0.3) is 0 Å². The SMILES string of the molecule is CCCC(F)(CN)c1ccc(C)cc1. The Morgan fingerprint density at radius 2 is 1.86 bits per heavy atom. The Morgan fingerprint density at radius 1 is 1.29 bits per heavy atom. The molecule has 0 bridgehead atoms. The molecule has 0 saturated heterocycles. The Balaban J connectivity index is 2.94. The number of alkyl halides is 1. The Kier molecular flexibility index (Phi) is 3.64. The first-order valence-electron chi connectivity index (χ1n) is 5.08. The predicted octanol–water partition coefficient (Wildman–Crippen LogP) is 2.92. The maximum atomic E-state index is 14.3. The van der Waals surface area contributed by atoms with E-state index in [1.54, 1.807) is 0 Å². The van der Waals surface area contributed by atoms with Crippen molar-refractivity contribution in [3.63, 3.8) is 0 Å². The molecule has 78 valence electrons. The van der Waals surface area contributed by atoms with E-state index < -0.39 is 5.67 Å². The van der Waals surface area contributed by atoms with Crippen LogP contribution in [-0.2, 0) is 5.67 Å². The zero-order chi connectivity index (χ0) is 10.6. The minimum absolute atomic E-state index is 0.0594. The second-order valence-electron chi connectivity index (χ2n) is 3.79. The van der Waals surface area contributed by atoms with Gasteiger partial charge in [-0.1, -0.05) is 43.2 Å². The van der Waals surface area contributed by atoms with Crippen molar-refractivity contribution >= 4 is 0 Å². The van der Waals surface area contributed by atoms with Gasteiger partial charge in [0, 0.05) is 6.54 Å². The number of hydrogen-bond donors (Lipinski definition) is 1. The molecule has 0 radical (unpaired) electrons. The van der Waals surface area contributed by atoms with Crippen LogP contribution in [0.1, 0.15) is 30.9 Å². The summed E-state index contributed by atoms with van der Waals surface area (Å²) in [7, 11) is 0. The van der Waals surface area contributed by atoms with E-state index in [-0.39, 0.29) is 6.54 Å². The van der Waals surface area contributed by atoms with Crippen LogP contribution in [0, 0.1) is 6.92 Å². The molecule has 0 amide bonds. The van der Waals surface area contributed by atoms with Gasteiger partial charge in [-0.05, 0) is 18.9 Å². The van der Waals surface area contributed by atoms with E-state index in [9.17, 15) is 4.39 Å². The molecule has 0 heterocycles. The summed E-state index contributed by atoms with van der Waals surface area (Å²) >= 11 is 0. The summed E-state index contributed by atoms with van der Waals surface area (Å²) in [6, 6.07) is 7.51. The fourth-order valence-electron chi connectivity index (χ4n) is 1.61. The van der Waals surface area contributed by atoms with Crippen molar-refractivity contribution in [2.45, 2.75) is 32.4 Å². The lowest BCUT2D eigenvalue weighted by Gasteiger charge is -2.23. The summed E-state index contributed by atoms with van der Waals surface area (Å²) in [5.74, 6) is 0. The molecule has 2 N–H and O–H groups in total. The van der Waals surface area contributed by atoms with Crippen LogP contribution in [0.15, 0.2) is 24.3 Å². The van der Waals surface area contributed by atoms with Gasteiger partial charge in [0.05, 0.1) is 0 Å². The zero-order valence-electron chi connectivity index (χ0n) is 8.89. The average Bonchev–Trinajstić information content (AvgIpc) is 2.19. The molecule has 1 nitrogen and oxygen atoms in total. The first-order chi connectivity index (χ1) is 6.62. The Hall–Kier alpha value is -0.890. The van der Waals surface area contributed by atoms with Crippen LogP contribution >= 0.6 is 0 Å². The zero-order valence-corrected chi connectivity index (χ0v) is 8.89. The minimum Gasteiger partial charge on any atom is -0.327 e. The van der Waals surface area contributed by atoms with E-state index in [2.05, 4.69) is 0 Å². The van der Waals surface area contributed by atoms with Gasteiger partial charge in [-0.2, -0.15) is 0 Å². The van der Waals surface area contributed by atoms with E-state index in [1.165, 1.54) is 0 Å². The molecule has 1 rings (SSSR count). The van der Waals surface area contributed by atoms with Crippen molar-refractivity contribution < 1.29 is 4.39 Å². The largest absolute Gasteiger partial charge is 0.327 e. The number of nitrogens with two attached hydrogens (primary N) is 1. The molecule has 0 aliphatic rings. The maximum Gasteiger partial charge on any atom is 0.148 e. The molecule has 1 aromatic rings. The molecule has 1 aromatic carbocycles. The lowest BCUT2D eigenvalue weighted by atomic mass is 9.91. The van der Waals surface area contributed by atoms with Crippen LogP contribution in [0.4, 0.5) is 4.39 Å². The lowest BCUT2D eigenvalue weighted by molar-refractivity contribution is 0.159. The van der Waals surface area contributed by atoms with Crippen molar-refractivity contribution in [3.05, 3.63) is 35.4 Å². The van der Waals surface area contributed by atoms with Crippen molar-refractivity contribution in [1.82, 2.24) is 0 Å². The van der Waals surface area contributed by atoms with Gasteiger partial charge < -0.3 is 5.73 Å². The van der Waals surface area contributed by atoms with Gasteiger partial charge in [-0.15, -0.1) is 0 Å². The van der Waals surface area contributed by atoms with E-state index in [4.69, 9.17) is 5.73 Å². The standard InChI is InChI=1S/C12H18FN/c1-3-8-12(13,9-14)11-6-4-10(2)5-7-11/h4-7H,3,8-9,14H2,1-2H3. The quantitative estimate of drug-likeness (QED) is 0.785. The summed E-state index contributed by atoms with van der Waals surface area (Å²) in [6.45, 7) is 4.02. The number of benzene rings is 1. The number of halogens is 1. The smallest absolute Gasteiger partial charge is 0.148 e. The minimum atomic E-state index is -1.34. The average molecular weight is 195 g/mol. The number of aryl methyl sites for hydroxylation is 1. The first kappa shape index (κ1) is 11.2. The second kappa shape index (κ2) is 4.56. The highest BCUT2D eigenvalue weighted by Crippen LogP contribution is 2.30. The molecule has 2 heteroatoms. The first-order valence-corrected chi connectivity index (χ1v) is 5.08. The topological polar surface area (TPSA) is 26.0 Å². The third-order valence-corrected chi connectivity index (χ3v) is 2.54. The van der Waals surface area contributed by atoms with Crippen LogP contribution in [0.2, 0.25) is 0 Å². The highest BCUT2D eigenvalue weighted by atomic mass is 19.1. The lowest BCUT2D eigenvalue weighted by Crippen LogP contribution is -2.30. The van der Waals surface area contributed by atoms with E-state index in [1.807, 2.05) is 38.1 Å². The fraction of sp³-hybridized carbons (Fsp3) is 0.500. The van der Waals surface area contributed by atoms with Gasteiger partial charge in [-0.25, -0.2) is 4.39 Å². The summed E-state index contributed by atoms with van der Waals surface area (Å²) < 4.78 is 14.3. The van der Waals surface area contributed by atoms with Crippen molar-refractivity contribution in [2.24, 2.45) is 5.73 Å². The molecule has 1 atom stereocenters. The van der Waals surface area contributed by atoms with Gasteiger partial charge in [0.25, 0.3) is 0 Å². The third-order valence-electron chi connectivity index (χ3n) is 2.54.